The second kappa shape index (κ2) is 13.9. The van der Waals surface area contributed by atoms with Crippen LogP contribution in [0.3, 0.4) is 0 Å². The third-order valence-electron chi connectivity index (χ3n) is 7.94. The lowest BCUT2D eigenvalue weighted by Gasteiger charge is -2.40. The Hall–Kier alpha value is -1.39. The minimum atomic E-state index is -1.51. The van der Waals surface area contributed by atoms with E-state index in [-0.39, 0.29) is 17.9 Å². The van der Waals surface area contributed by atoms with Crippen LogP contribution in [-0.2, 0) is 28.7 Å². The summed E-state index contributed by atoms with van der Waals surface area (Å²) in [7, 11) is 0. The number of halogens is 1. The quantitative estimate of drug-likeness (QED) is 0.217. The van der Waals surface area contributed by atoms with Gasteiger partial charge in [-0.1, -0.05) is 11.6 Å². The molecule has 0 bridgehead atoms. The normalized spacial score (nSPS) is 35.4. The molecule has 3 aliphatic rings. The Balaban J connectivity index is 0.000000271. The summed E-state index contributed by atoms with van der Waals surface area (Å²) in [6.45, 7) is 0.682. The number of aryl methyl sites for hydroxylation is 2. The molecule has 2 aliphatic heterocycles. The van der Waals surface area contributed by atoms with E-state index in [1.807, 2.05) is 0 Å². The lowest BCUT2D eigenvalue weighted by Crippen LogP contribution is -2.57. The highest BCUT2D eigenvalue weighted by atomic mass is 35.5. The van der Waals surface area contributed by atoms with Gasteiger partial charge in [-0.2, -0.15) is 0 Å². The van der Waals surface area contributed by atoms with Crippen LogP contribution in [0.5, 0.6) is 5.75 Å². The Morgan fingerprint density at radius 1 is 0.805 bits per heavy atom. The van der Waals surface area contributed by atoms with E-state index in [1.165, 1.54) is 34.2 Å². The van der Waals surface area contributed by atoms with Crippen molar-refractivity contribution < 1.29 is 55.4 Å². The Morgan fingerprint density at radius 2 is 1.41 bits per heavy atom. The molecule has 41 heavy (non-hydrogen) atoms. The van der Waals surface area contributed by atoms with Gasteiger partial charge in [-0.25, -0.2) is 0 Å². The van der Waals surface area contributed by atoms with Crippen LogP contribution in [0.1, 0.15) is 52.3 Å². The van der Waals surface area contributed by atoms with E-state index in [4.69, 9.17) is 26.2 Å². The summed E-state index contributed by atoms with van der Waals surface area (Å²) in [5.74, 6) is -0.173. The predicted octanol–water partition coefficient (Wildman–Crippen LogP) is -0.0597. The molecule has 0 spiro atoms. The zero-order chi connectivity index (χ0) is 30.0. The Morgan fingerprint density at radius 3 is 2.05 bits per heavy atom. The Bertz CT molecular complexity index is 1130. The molecule has 1 aromatic carbocycles. The summed E-state index contributed by atoms with van der Waals surface area (Å²) < 4.78 is 10.6. The minimum absolute atomic E-state index is 0.173. The number of phenolic OH excluding ortho intramolecular Hbond substituents is 1. The van der Waals surface area contributed by atoms with Crippen molar-refractivity contribution in [2.75, 3.05) is 13.2 Å². The van der Waals surface area contributed by atoms with Gasteiger partial charge in [-0.3, -0.25) is 0 Å². The number of aliphatic hydroxyl groups excluding tert-OH is 8. The number of benzene rings is 1. The van der Waals surface area contributed by atoms with Gasteiger partial charge in [0.25, 0.3) is 0 Å². The fourth-order valence-electron chi connectivity index (χ4n) is 5.46. The van der Waals surface area contributed by atoms with Gasteiger partial charge in [0.2, 0.25) is 0 Å². The van der Waals surface area contributed by atoms with Crippen molar-refractivity contribution in [3.8, 4) is 5.75 Å². The molecular weight excluding hydrogens is 580 g/mol. The molecule has 9 N–H and O–H groups in total. The van der Waals surface area contributed by atoms with Crippen LogP contribution in [0.2, 0.25) is 5.02 Å². The third-order valence-corrected chi connectivity index (χ3v) is 9.53. The predicted molar refractivity (Wildman–Crippen MR) is 149 cm³/mol. The number of hydrogen-bond acceptors (Lipinski definition) is 12. The van der Waals surface area contributed by atoms with Crippen LogP contribution < -0.4 is 0 Å². The first-order valence-electron chi connectivity index (χ1n) is 13.7. The van der Waals surface area contributed by atoms with Gasteiger partial charge in [-0.15, -0.1) is 11.3 Å². The number of hydrogen-bond donors (Lipinski definition) is 9. The van der Waals surface area contributed by atoms with Crippen molar-refractivity contribution in [3.05, 3.63) is 49.7 Å². The maximum Gasteiger partial charge on any atom is 0.122 e. The van der Waals surface area contributed by atoms with Crippen molar-refractivity contribution in [1.29, 1.82) is 0 Å². The number of thiophene rings is 1. The first-order valence-corrected chi connectivity index (χ1v) is 14.9. The zero-order valence-corrected chi connectivity index (χ0v) is 24.2. The van der Waals surface area contributed by atoms with Crippen LogP contribution in [0.15, 0.2) is 18.2 Å². The van der Waals surface area contributed by atoms with Crippen molar-refractivity contribution in [1.82, 2.24) is 0 Å². The van der Waals surface area contributed by atoms with Crippen LogP contribution in [0, 0.1) is 0 Å². The molecule has 2 aromatic rings. The molecule has 2 saturated heterocycles. The number of phenols is 1. The smallest absolute Gasteiger partial charge is 0.122 e. The summed E-state index contributed by atoms with van der Waals surface area (Å²) in [4.78, 5) is 2.61. The highest BCUT2D eigenvalue weighted by Gasteiger charge is 2.45. The van der Waals surface area contributed by atoms with Gasteiger partial charge in [0.1, 0.15) is 60.7 Å². The van der Waals surface area contributed by atoms with Crippen LogP contribution in [0.25, 0.3) is 0 Å². The molecule has 13 heteroatoms. The first kappa shape index (κ1) is 32.5. The lowest BCUT2D eigenvalue weighted by molar-refractivity contribution is -0.232. The van der Waals surface area contributed by atoms with E-state index < -0.39 is 67.6 Å². The van der Waals surface area contributed by atoms with Gasteiger partial charge < -0.3 is 55.4 Å². The molecule has 1 aromatic heterocycles. The molecule has 0 radical (unpaired) electrons. The number of aliphatic hydroxyl groups is 8. The van der Waals surface area contributed by atoms with Crippen molar-refractivity contribution >= 4 is 22.9 Å². The van der Waals surface area contributed by atoms with E-state index >= 15 is 0 Å². The van der Waals surface area contributed by atoms with Crippen molar-refractivity contribution in [2.45, 2.75) is 100 Å². The van der Waals surface area contributed by atoms with Crippen LogP contribution in [0.4, 0.5) is 0 Å². The molecule has 1 aliphatic carbocycles. The topological polar surface area (TPSA) is 201 Å². The highest BCUT2D eigenvalue weighted by molar-refractivity contribution is 7.12. The molecule has 2 fully saturated rings. The fraction of sp³-hybridized carbons (Fsp3) is 0.643. The van der Waals surface area contributed by atoms with E-state index in [0.29, 0.717) is 11.4 Å². The molecule has 0 amide bonds. The molecule has 230 valence electrons. The summed E-state index contributed by atoms with van der Waals surface area (Å²) in [5, 5.41) is 87.1. The molecule has 11 nitrogen and oxygen atoms in total. The summed E-state index contributed by atoms with van der Waals surface area (Å²) >= 11 is 8.15. The molecule has 10 atom stereocenters. The largest absolute Gasteiger partial charge is 0.508 e. The third kappa shape index (κ3) is 7.06. The highest BCUT2D eigenvalue weighted by Crippen LogP contribution is 2.40. The minimum Gasteiger partial charge on any atom is -0.508 e. The SMILES string of the molecule is C[C@@H]1O[C@H](CO)[C@@H](O)[C@H](O)[C@H]1O.OC[C@H]1O[C@@H](c2cc(Cc3cc4c(s3)CCCC4)c(Cl)cc2O)[C@H](O)[C@@H](O)[C@@H]1O. The number of rotatable bonds is 5. The lowest BCUT2D eigenvalue weighted by atomic mass is 9.90. The van der Waals surface area contributed by atoms with Gasteiger partial charge in [-0.05, 0) is 61.9 Å². The van der Waals surface area contributed by atoms with Crippen LogP contribution in [-0.4, -0.2) is 114 Å². The van der Waals surface area contributed by atoms with Crippen molar-refractivity contribution in [3.63, 3.8) is 0 Å². The van der Waals surface area contributed by atoms with Gasteiger partial charge in [0, 0.05) is 26.8 Å². The Labute approximate surface area is 246 Å². The summed E-state index contributed by atoms with van der Waals surface area (Å²) in [5.41, 5.74) is 2.44. The molecular formula is C28H39ClO11S. The van der Waals surface area contributed by atoms with E-state index in [0.717, 1.165) is 18.4 Å². The van der Waals surface area contributed by atoms with Crippen molar-refractivity contribution in [2.24, 2.45) is 0 Å². The zero-order valence-electron chi connectivity index (χ0n) is 22.6. The number of aromatic hydroxyl groups is 1. The monoisotopic (exact) mass is 618 g/mol. The van der Waals surface area contributed by atoms with Crippen LogP contribution >= 0.6 is 22.9 Å². The van der Waals surface area contributed by atoms with Gasteiger partial charge in [0.05, 0.1) is 19.3 Å². The molecule has 3 heterocycles. The summed E-state index contributed by atoms with van der Waals surface area (Å²) in [6.07, 6.45) is -6.26. The number of fused-ring (bicyclic) bond motifs is 1. The van der Waals surface area contributed by atoms with E-state index in [2.05, 4.69) is 6.07 Å². The maximum atomic E-state index is 10.4. The fourth-order valence-corrected chi connectivity index (χ4v) is 6.97. The molecule has 0 saturated carbocycles. The summed E-state index contributed by atoms with van der Waals surface area (Å²) in [6, 6.07) is 5.29. The average molecular weight is 619 g/mol. The first-order chi connectivity index (χ1) is 19.5. The second-order valence-corrected chi connectivity index (χ2v) is 12.5. The van der Waals surface area contributed by atoms with E-state index in [9.17, 15) is 40.9 Å². The maximum absolute atomic E-state index is 10.4. The van der Waals surface area contributed by atoms with Gasteiger partial charge >= 0.3 is 0 Å². The average Bonchev–Trinajstić information content (AvgIpc) is 3.37. The number of ether oxygens (including phenoxy) is 2. The Kier molecular flexibility index (Phi) is 11.1. The molecule has 5 rings (SSSR count). The molecule has 0 unspecified atom stereocenters. The standard InChI is InChI=1S/C21H25ClO6S.C7H14O5/c22-14-8-15(24)13(21-20(27)19(26)18(25)16(9-23)28-21)7-11(14)6-12-5-10-3-1-2-4-17(10)29-12;1-3-5(9)7(11)6(10)4(2-8)12-3/h5,7-8,16,18-21,23-27H,1-4,6,9H2;3-11H,2H2,1H3/t16-,18-,19+,20-,21+;3-,4+,5-,6+,7+/m10/s1. The van der Waals surface area contributed by atoms with Gasteiger partial charge in [0.15, 0.2) is 0 Å². The second-order valence-electron chi connectivity index (χ2n) is 10.8. The van der Waals surface area contributed by atoms with E-state index in [1.54, 1.807) is 24.3 Å².